The molecule has 0 aliphatic rings. The predicted molar refractivity (Wildman–Crippen MR) is 116 cm³/mol. The van der Waals surface area contributed by atoms with Crippen molar-refractivity contribution in [1.29, 1.82) is 0 Å². The summed E-state index contributed by atoms with van der Waals surface area (Å²) >= 11 is 0. The van der Waals surface area contributed by atoms with Crippen molar-refractivity contribution in [3.8, 4) is 5.75 Å². The molecule has 142 valence electrons. The molecule has 0 fully saturated rings. The number of rotatable bonds is 6. The van der Waals surface area contributed by atoms with E-state index in [9.17, 15) is 4.79 Å². The summed E-state index contributed by atoms with van der Waals surface area (Å²) in [5.74, 6) is 0.652. The van der Waals surface area contributed by atoms with Crippen molar-refractivity contribution in [1.82, 2.24) is 0 Å². The third kappa shape index (κ3) is 5.01. The Kier molecular flexibility index (Phi) is 6.12. The molecule has 0 aliphatic heterocycles. The van der Waals surface area contributed by atoms with Gasteiger partial charge in [0.15, 0.2) is 0 Å². The van der Waals surface area contributed by atoms with E-state index in [4.69, 9.17) is 4.74 Å². The standard InChI is InChI=1S/C24H24N2O2/c1-17-15-22(28-3)16-18(2)23(17)13-14-24(27)26-21-11-9-20(10-12-21)25-19-7-5-4-6-8-19/h4-16,25H,1-3H3,(H,26,27)/b14-13+. The van der Waals surface area contributed by atoms with Gasteiger partial charge in [-0.05, 0) is 85.1 Å². The Morgan fingerprint density at radius 3 is 2.04 bits per heavy atom. The second kappa shape index (κ2) is 8.91. The van der Waals surface area contributed by atoms with Gasteiger partial charge in [-0.1, -0.05) is 18.2 Å². The highest BCUT2D eigenvalue weighted by atomic mass is 16.5. The lowest BCUT2D eigenvalue weighted by atomic mass is 10.0. The monoisotopic (exact) mass is 372 g/mol. The fraction of sp³-hybridized carbons (Fsp3) is 0.125. The number of carbonyl (C=O) groups is 1. The van der Waals surface area contributed by atoms with Crippen molar-refractivity contribution in [2.45, 2.75) is 13.8 Å². The summed E-state index contributed by atoms with van der Waals surface area (Å²) in [6.45, 7) is 4.01. The molecule has 4 heteroatoms. The number of anilines is 3. The number of hydrogen-bond donors (Lipinski definition) is 2. The summed E-state index contributed by atoms with van der Waals surface area (Å²) in [5.41, 5.74) is 5.89. The maximum atomic E-state index is 12.3. The summed E-state index contributed by atoms with van der Waals surface area (Å²) in [6.07, 6.45) is 3.39. The molecule has 0 saturated carbocycles. The number of benzene rings is 3. The van der Waals surface area contributed by atoms with Crippen molar-refractivity contribution >= 4 is 29.0 Å². The number of amides is 1. The number of nitrogens with one attached hydrogen (secondary N) is 2. The normalized spacial score (nSPS) is 10.7. The van der Waals surface area contributed by atoms with Crippen molar-refractivity contribution in [2.75, 3.05) is 17.7 Å². The van der Waals surface area contributed by atoms with Crippen LogP contribution in [0.5, 0.6) is 5.75 Å². The quantitative estimate of drug-likeness (QED) is 0.545. The van der Waals surface area contributed by atoms with Gasteiger partial charge in [0.1, 0.15) is 5.75 Å². The third-order valence-electron chi connectivity index (χ3n) is 4.42. The van der Waals surface area contributed by atoms with E-state index in [-0.39, 0.29) is 5.91 Å². The van der Waals surface area contributed by atoms with E-state index in [0.29, 0.717) is 0 Å². The number of ether oxygens (including phenoxy) is 1. The zero-order valence-corrected chi connectivity index (χ0v) is 16.3. The minimum Gasteiger partial charge on any atom is -0.497 e. The zero-order valence-electron chi connectivity index (χ0n) is 16.3. The van der Waals surface area contributed by atoms with E-state index in [1.807, 2.05) is 86.7 Å². The highest BCUT2D eigenvalue weighted by Gasteiger charge is 2.04. The van der Waals surface area contributed by atoms with Gasteiger partial charge in [-0.25, -0.2) is 0 Å². The SMILES string of the molecule is COc1cc(C)c(/C=C/C(=O)Nc2ccc(Nc3ccccc3)cc2)c(C)c1. The fourth-order valence-corrected chi connectivity index (χ4v) is 2.98. The van der Waals surface area contributed by atoms with Crippen LogP contribution in [-0.4, -0.2) is 13.0 Å². The molecule has 0 heterocycles. The maximum absolute atomic E-state index is 12.3. The molecular formula is C24H24N2O2. The van der Waals surface area contributed by atoms with Gasteiger partial charge in [0.25, 0.3) is 0 Å². The number of aryl methyl sites for hydroxylation is 2. The van der Waals surface area contributed by atoms with Gasteiger partial charge in [0, 0.05) is 23.1 Å². The first-order chi connectivity index (χ1) is 13.5. The largest absolute Gasteiger partial charge is 0.497 e. The molecule has 3 aromatic rings. The molecule has 0 unspecified atom stereocenters. The lowest BCUT2D eigenvalue weighted by molar-refractivity contribution is -0.111. The van der Waals surface area contributed by atoms with Crippen LogP contribution in [0.4, 0.5) is 17.1 Å². The Labute approximate surface area is 165 Å². The molecule has 2 N–H and O–H groups in total. The van der Waals surface area contributed by atoms with Crippen LogP contribution in [0.2, 0.25) is 0 Å². The average molecular weight is 372 g/mol. The lowest BCUT2D eigenvalue weighted by Crippen LogP contribution is -2.07. The van der Waals surface area contributed by atoms with E-state index in [1.165, 1.54) is 0 Å². The lowest BCUT2D eigenvalue weighted by Gasteiger charge is -2.09. The molecule has 0 spiro atoms. The van der Waals surface area contributed by atoms with E-state index in [0.717, 1.165) is 39.5 Å². The maximum Gasteiger partial charge on any atom is 0.248 e. The van der Waals surface area contributed by atoms with E-state index in [2.05, 4.69) is 10.6 Å². The molecule has 1 amide bonds. The van der Waals surface area contributed by atoms with Crippen molar-refractivity contribution in [3.63, 3.8) is 0 Å². The first-order valence-corrected chi connectivity index (χ1v) is 9.11. The molecule has 0 bridgehead atoms. The highest BCUT2D eigenvalue weighted by Crippen LogP contribution is 2.23. The summed E-state index contributed by atoms with van der Waals surface area (Å²) in [5, 5.41) is 6.20. The average Bonchev–Trinajstić information content (AvgIpc) is 2.69. The Bertz CT molecular complexity index is 954. The molecular weight excluding hydrogens is 348 g/mol. The van der Waals surface area contributed by atoms with Crippen molar-refractivity contribution in [2.24, 2.45) is 0 Å². The van der Waals surface area contributed by atoms with Gasteiger partial charge < -0.3 is 15.4 Å². The van der Waals surface area contributed by atoms with E-state index in [1.54, 1.807) is 13.2 Å². The number of hydrogen-bond acceptors (Lipinski definition) is 3. The van der Waals surface area contributed by atoms with E-state index < -0.39 is 0 Å². The summed E-state index contributed by atoms with van der Waals surface area (Å²) in [4.78, 5) is 12.3. The van der Waals surface area contributed by atoms with E-state index >= 15 is 0 Å². The highest BCUT2D eigenvalue weighted by molar-refractivity contribution is 6.02. The minimum atomic E-state index is -0.168. The Hall–Kier alpha value is -3.53. The molecule has 4 nitrogen and oxygen atoms in total. The molecule has 0 aromatic heterocycles. The van der Waals surface area contributed by atoms with Crippen LogP contribution in [-0.2, 0) is 4.79 Å². The van der Waals surface area contributed by atoms with Gasteiger partial charge in [-0.3, -0.25) is 4.79 Å². The minimum absolute atomic E-state index is 0.168. The molecule has 0 aliphatic carbocycles. The van der Waals surface area contributed by atoms with Crippen molar-refractivity contribution < 1.29 is 9.53 Å². The second-order valence-corrected chi connectivity index (χ2v) is 6.57. The topological polar surface area (TPSA) is 50.4 Å². The number of para-hydroxylation sites is 1. The third-order valence-corrected chi connectivity index (χ3v) is 4.42. The first-order valence-electron chi connectivity index (χ1n) is 9.11. The Morgan fingerprint density at radius 2 is 1.43 bits per heavy atom. The molecule has 0 atom stereocenters. The Morgan fingerprint density at radius 1 is 0.857 bits per heavy atom. The van der Waals surface area contributed by atoms with Crippen LogP contribution in [0, 0.1) is 13.8 Å². The van der Waals surface area contributed by atoms with Crippen LogP contribution in [0.15, 0.2) is 72.8 Å². The summed E-state index contributed by atoms with van der Waals surface area (Å²) < 4.78 is 5.27. The van der Waals surface area contributed by atoms with Crippen LogP contribution < -0.4 is 15.4 Å². The van der Waals surface area contributed by atoms with Gasteiger partial charge in [0.2, 0.25) is 5.91 Å². The van der Waals surface area contributed by atoms with Crippen LogP contribution in [0.25, 0.3) is 6.08 Å². The molecule has 0 radical (unpaired) electrons. The Balaban J connectivity index is 1.63. The van der Waals surface area contributed by atoms with Gasteiger partial charge in [-0.15, -0.1) is 0 Å². The number of carbonyl (C=O) groups excluding carboxylic acids is 1. The molecule has 3 rings (SSSR count). The molecule has 0 saturated heterocycles. The van der Waals surface area contributed by atoms with Crippen LogP contribution >= 0.6 is 0 Å². The molecule has 3 aromatic carbocycles. The van der Waals surface area contributed by atoms with Gasteiger partial charge in [-0.2, -0.15) is 0 Å². The van der Waals surface area contributed by atoms with Crippen LogP contribution in [0.3, 0.4) is 0 Å². The zero-order chi connectivity index (χ0) is 19.9. The first kappa shape index (κ1) is 19.2. The summed E-state index contributed by atoms with van der Waals surface area (Å²) in [7, 11) is 1.65. The molecule has 28 heavy (non-hydrogen) atoms. The van der Waals surface area contributed by atoms with Gasteiger partial charge >= 0.3 is 0 Å². The number of methoxy groups -OCH3 is 1. The fourth-order valence-electron chi connectivity index (χ4n) is 2.98. The van der Waals surface area contributed by atoms with Crippen molar-refractivity contribution in [3.05, 3.63) is 89.5 Å². The predicted octanol–water partition coefficient (Wildman–Crippen LogP) is 5.71. The summed E-state index contributed by atoms with van der Waals surface area (Å²) in [6, 6.07) is 21.5. The van der Waals surface area contributed by atoms with Gasteiger partial charge in [0.05, 0.1) is 7.11 Å². The van der Waals surface area contributed by atoms with Crippen LogP contribution in [0.1, 0.15) is 16.7 Å². The smallest absolute Gasteiger partial charge is 0.248 e. The second-order valence-electron chi connectivity index (χ2n) is 6.57.